The molecular formula is C79H95BO2. The Bertz CT molecular complexity index is 3230. The Kier molecular flexibility index (Phi) is 13.1. The van der Waals surface area contributed by atoms with Crippen LogP contribution in [0.15, 0.2) is 133 Å². The highest BCUT2D eigenvalue weighted by atomic mass is 16.7. The molecule has 0 atom stereocenters. The van der Waals surface area contributed by atoms with Crippen LogP contribution in [0.3, 0.4) is 0 Å². The van der Waals surface area contributed by atoms with Gasteiger partial charge in [0.25, 0.3) is 0 Å². The van der Waals surface area contributed by atoms with E-state index in [0.717, 1.165) is 41.0 Å². The van der Waals surface area contributed by atoms with E-state index in [4.69, 9.17) is 9.31 Å². The predicted octanol–water partition coefficient (Wildman–Crippen LogP) is 20.5. The summed E-state index contributed by atoms with van der Waals surface area (Å²) in [5.41, 5.74) is 21.4. The van der Waals surface area contributed by atoms with Crippen LogP contribution >= 0.6 is 0 Å². The third kappa shape index (κ3) is 8.41. The van der Waals surface area contributed by atoms with Gasteiger partial charge >= 0.3 is 7.12 Å². The predicted molar refractivity (Wildman–Crippen MR) is 343 cm³/mol. The summed E-state index contributed by atoms with van der Waals surface area (Å²) >= 11 is 0. The van der Waals surface area contributed by atoms with Crippen molar-refractivity contribution >= 4 is 12.6 Å². The van der Waals surface area contributed by atoms with Crippen LogP contribution in [-0.4, -0.2) is 18.3 Å². The van der Waals surface area contributed by atoms with E-state index < -0.39 is 0 Å². The Morgan fingerprint density at radius 1 is 0.366 bits per heavy atom. The molecule has 10 bridgehead atoms. The Morgan fingerprint density at radius 3 is 1.12 bits per heavy atom. The molecule has 3 heteroatoms. The number of hydrogen-bond donors (Lipinski definition) is 0. The zero-order chi connectivity index (χ0) is 55.9. The summed E-state index contributed by atoms with van der Waals surface area (Å²) in [4.78, 5) is 0. The summed E-state index contributed by atoms with van der Waals surface area (Å²) in [6.07, 6.45) is 31.4. The van der Waals surface area contributed by atoms with Gasteiger partial charge in [0.15, 0.2) is 0 Å². The summed E-state index contributed by atoms with van der Waals surface area (Å²) in [6, 6.07) is 54.5. The standard InChI is InChI=1S/C79H95BO2/c1-8-11-14-15-36-75-39-42-76(43-40-75,44-41-75)59-26-20-54(21-27-59)53-16-18-55(19-17-53)57-24-34-63-64-35-25-58(46-72(64)79(37-12-9-2,38-13-10-3)71(63)45-57)56-22-28-60(29-23-56)77-47-65-68-50-78(51-69(65)67(49-77)70(52-78)66(68)48-77)61-30-32-62(33-31-61)80-81-73(4,5)74(6,7)82-80/h16-35,45-46,65-70H,8-15,36-44,47-52H2,1-7H3. The van der Waals surface area contributed by atoms with E-state index in [1.54, 1.807) is 27.8 Å². The zero-order valence-electron chi connectivity index (χ0n) is 51.3. The van der Waals surface area contributed by atoms with Crippen LogP contribution in [0, 0.1) is 40.9 Å². The van der Waals surface area contributed by atoms with Crippen molar-refractivity contribution in [1.29, 1.82) is 0 Å². The second-order valence-electron chi connectivity index (χ2n) is 30.6. The molecule has 1 aliphatic heterocycles. The second kappa shape index (κ2) is 19.9. The number of fused-ring (bicyclic) bond motifs is 6. The first kappa shape index (κ1) is 54.0. The lowest BCUT2D eigenvalue weighted by molar-refractivity contribution is -0.221. The van der Waals surface area contributed by atoms with E-state index in [9.17, 15) is 0 Å². The molecule has 6 aromatic rings. The van der Waals surface area contributed by atoms with Gasteiger partial charge in [-0.05, 0) is 271 Å². The number of hydrogen-bond acceptors (Lipinski definition) is 2. The molecule has 18 rings (SSSR count). The summed E-state index contributed by atoms with van der Waals surface area (Å²) in [6.45, 7) is 15.7. The van der Waals surface area contributed by atoms with Gasteiger partial charge in [-0.2, -0.15) is 0 Å². The van der Waals surface area contributed by atoms with Crippen LogP contribution in [0.2, 0.25) is 0 Å². The molecule has 0 spiro atoms. The summed E-state index contributed by atoms with van der Waals surface area (Å²) < 4.78 is 12.9. The molecule has 11 aliphatic carbocycles. The van der Waals surface area contributed by atoms with Crippen LogP contribution in [0.4, 0.5) is 0 Å². The molecule has 12 aliphatic rings. The average Bonchev–Trinajstić information content (AvgIpc) is 3.10. The van der Waals surface area contributed by atoms with Gasteiger partial charge in [-0.1, -0.05) is 193 Å². The third-order valence-corrected chi connectivity index (χ3v) is 26.2. The third-order valence-electron chi connectivity index (χ3n) is 26.2. The molecule has 10 saturated carbocycles. The van der Waals surface area contributed by atoms with Crippen LogP contribution < -0.4 is 5.46 Å². The van der Waals surface area contributed by atoms with E-state index >= 15 is 0 Å². The van der Waals surface area contributed by atoms with Crippen molar-refractivity contribution in [3.05, 3.63) is 161 Å². The number of benzene rings is 6. The van der Waals surface area contributed by atoms with Crippen molar-refractivity contribution in [2.75, 3.05) is 0 Å². The molecular weight excluding hydrogens is 992 g/mol. The van der Waals surface area contributed by atoms with Crippen LogP contribution in [0.5, 0.6) is 0 Å². The summed E-state index contributed by atoms with van der Waals surface area (Å²) in [5, 5.41) is 0. The lowest BCUT2D eigenvalue weighted by Crippen LogP contribution is -2.69. The highest BCUT2D eigenvalue weighted by molar-refractivity contribution is 6.62. The zero-order valence-corrected chi connectivity index (χ0v) is 51.3. The van der Waals surface area contributed by atoms with Crippen molar-refractivity contribution in [2.45, 2.75) is 229 Å². The molecule has 0 aromatic heterocycles. The molecule has 6 aromatic carbocycles. The molecule has 1 saturated heterocycles. The monoisotopic (exact) mass is 1090 g/mol. The van der Waals surface area contributed by atoms with Gasteiger partial charge in [-0.15, -0.1) is 0 Å². The van der Waals surface area contributed by atoms with Gasteiger partial charge in [0.05, 0.1) is 11.2 Å². The Labute approximate surface area is 494 Å². The summed E-state index contributed by atoms with van der Waals surface area (Å²) in [7, 11) is -0.290. The molecule has 0 N–H and O–H groups in total. The van der Waals surface area contributed by atoms with Gasteiger partial charge in [0.2, 0.25) is 0 Å². The maximum absolute atomic E-state index is 6.47. The number of rotatable bonds is 18. The first-order valence-corrected chi connectivity index (χ1v) is 33.8. The molecule has 0 radical (unpaired) electrons. The van der Waals surface area contributed by atoms with E-state index in [0.29, 0.717) is 21.7 Å². The van der Waals surface area contributed by atoms with Gasteiger partial charge in [-0.25, -0.2) is 0 Å². The SMILES string of the molecule is CCCCCCC12CCC(c3ccc(-c4ccc(-c5ccc6c(c5)C(CCCC)(CCCC)c5cc(-c7ccc(C89CC%10C%11CC%12(c%13ccc(B%14OC(C)(C)C(C)(C)O%14)cc%13)CC%10C(C8)C(C%12)C%11C9)cc7)ccc5-6)cc4)cc3)(CC1)CC2. The molecule has 2 nitrogen and oxygen atoms in total. The lowest BCUT2D eigenvalue weighted by Gasteiger charge is -2.75. The van der Waals surface area contributed by atoms with Crippen molar-refractivity contribution < 1.29 is 9.31 Å². The fourth-order valence-electron chi connectivity index (χ4n) is 21.0. The fraction of sp³-hybridized carbons (Fsp3) is 0.544. The van der Waals surface area contributed by atoms with E-state index in [1.807, 2.05) is 0 Å². The maximum Gasteiger partial charge on any atom is 0.494 e. The molecule has 1 heterocycles. The largest absolute Gasteiger partial charge is 0.494 e. The van der Waals surface area contributed by atoms with Gasteiger partial charge in [-0.3, -0.25) is 0 Å². The number of unbranched alkanes of at least 4 members (excludes halogenated alkanes) is 5. The fourth-order valence-corrected chi connectivity index (χ4v) is 21.0. The normalized spacial score (nSPS) is 32.4. The summed E-state index contributed by atoms with van der Waals surface area (Å²) in [5.74, 6) is 5.36. The van der Waals surface area contributed by atoms with Crippen LogP contribution in [-0.2, 0) is 31.0 Å². The van der Waals surface area contributed by atoms with E-state index in [2.05, 4.69) is 182 Å². The first-order chi connectivity index (χ1) is 39.7. The van der Waals surface area contributed by atoms with Crippen molar-refractivity contribution in [2.24, 2.45) is 40.9 Å². The first-order valence-electron chi connectivity index (χ1n) is 33.8. The van der Waals surface area contributed by atoms with Crippen molar-refractivity contribution in [3.63, 3.8) is 0 Å². The molecule has 82 heavy (non-hydrogen) atoms. The van der Waals surface area contributed by atoms with E-state index in [-0.39, 0.29) is 23.7 Å². The van der Waals surface area contributed by atoms with Gasteiger partial charge in [0.1, 0.15) is 0 Å². The highest BCUT2D eigenvalue weighted by Crippen LogP contribution is 2.77. The lowest BCUT2D eigenvalue weighted by atomic mass is 9.29. The molecule has 426 valence electrons. The Hall–Kier alpha value is -4.70. The van der Waals surface area contributed by atoms with E-state index in [1.165, 1.54) is 192 Å². The maximum atomic E-state index is 6.47. The van der Waals surface area contributed by atoms with Crippen molar-refractivity contribution in [1.82, 2.24) is 0 Å². The topological polar surface area (TPSA) is 18.5 Å². The van der Waals surface area contributed by atoms with Crippen LogP contribution in [0.1, 0.15) is 224 Å². The molecule has 11 fully saturated rings. The highest BCUT2D eigenvalue weighted by Gasteiger charge is 2.71. The Morgan fingerprint density at radius 2 is 0.720 bits per heavy atom. The second-order valence-corrected chi connectivity index (χ2v) is 30.6. The molecule has 0 unspecified atom stereocenters. The Balaban J connectivity index is 0.648. The quantitative estimate of drug-likeness (QED) is 0.0631. The minimum absolute atomic E-state index is 0.0186. The minimum atomic E-state index is -0.318. The molecule has 0 amide bonds. The average molecular weight is 1090 g/mol. The minimum Gasteiger partial charge on any atom is -0.399 e. The van der Waals surface area contributed by atoms with Gasteiger partial charge in [0, 0.05) is 5.41 Å². The van der Waals surface area contributed by atoms with Gasteiger partial charge < -0.3 is 9.31 Å². The van der Waals surface area contributed by atoms with Crippen LogP contribution in [0.25, 0.3) is 44.5 Å². The van der Waals surface area contributed by atoms with Crippen molar-refractivity contribution in [3.8, 4) is 44.5 Å². The smallest absolute Gasteiger partial charge is 0.399 e.